The Morgan fingerprint density at radius 2 is 2.25 bits per heavy atom. The number of aliphatic imine (C=N–C) groups is 1. The van der Waals surface area contributed by atoms with Gasteiger partial charge in [-0.15, -0.1) is 0 Å². The predicted octanol–water partition coefficient (Wildman–Crippen LogP) is 4.43. The Labute approximate surface area is 122 Å². The SMILES string of the molecule is CC1CCCC2(CSC(Nc3ccc(F)cc3F)=N2)C1. The van der Waals surface area contributed by atoms with Crippen LogP contribution in [0, 0.1) is 17.6 Å². The number of benzene rings is 1. The summed E-state index contributed by atoms with van der Waals surface area (Å²) in [5, 5.41) is 3.75. The van der Waals surface area contributed by atoms with Gasteiger partial charge in [-0.3, -0.25) is 4.99 Å². The molecule has 1 saturated carbocycles. The van der Waals surface area contributed by atoms with Gasteiger partial charge in [0.25, 0.3) is 0 Å². The average molecular weight is 296 g/mol. The Bertz CT molecular complexity index is 547. The zero-order valence-corrected chi connectivity index (χ0v) is 12.3. The molecule has 5 heteroatoms. The highest BCUT2D eigenvalue weighted by atomic mass is 32.2. The lowest BCUT2D eigenvalue weighted by atomic mass is 9.78. The molecule has 1 fully saturated rings. The van der Waals surface area contributed by atoms with E-state index in [1.54, 1.807) is 11.8 Å². The Hall–Kier alpha value is -1.10. The zero-order chi connectivity index (χ0) is 14.2. The lowest BCUT2D eigenvalue weighted by molar-refractivity contribution is 0.266. The van der Waals surface area contributed by atoms with Crippen molar-refractivity contribution in [2.24, 2.45) is 10.9 Å². The molecule has 108 valence electrons. The molecule has 3 rings (SSSR count). The molecule has 0 bridgehead atoms. The molecule has 1 aliphatic carbocycles. The van der Waals surface area contributed by atoms with Gasteiger partial charge in [-0.1, -0.05) is 31.5 Å². The molecule has 2 atom stereocenters. The van der Waals surface area contributed by atoms with Gasteiger partial charge in [-0.2, -0.15) is 0 Å². The predicted molar refractivity (Wildman–Crippen MR) is 80.2 cm³/mol. The zero-order valence-electron chi connectivity index (χ0n) is 11.5. The number of halogens is 2. The monoisotopic (exact) mass is 296 g/mol. The average Bonchev–Trinajstić information content (AvgIpc) is 2.75. The van der Waals surface area contributed by atoms with E-state index in [2.05, 4.69) is 12.2 Å². The van der Waals surface area contributed by atoms with Crippen LogP contribution in [-0.4, -0.2) is 16.5 Å². The third kappa shape index (κ3) is 2.82. The van der Waals surface area contributed by atoms with E-state index >= 15 is 0 Å². The van der Waals surface area contributed by atoms with Crippen molar-refractivity contribution in [1.82, 2.24) is 0 Å². The van der Waals surface area contributed by atoms with Crippen molar-refractivity contribution in [3.05, 3.63) is 29.8 Å². The summed E-state index contributed by atoms with van der Waals surface area (Å²) in [5.74, 6) is 0.524. The van der Waals surface area contributed by atoms with E-state index in [-0.39, 0.29) is 5.54 Å². The number of hydrogen-bond acceptors (Lipinski definition) is 3. The molecule has 2 nitrogen and oxygen atoms in total. The summed E-state index contributed by atoms with van der Waals surface area (Å²) in [5.41, 5.74) is 0.319. The van der Waals surface area contributed by atoms with Crippen LogP contribution in [-0.2, 0) is 0 Å². The lowest BCUT2D eigenvalue weighted by Crippen LogP contribution is -2.33. The summed E-state index contributed by atoms with van der Waals surface area (Å²) in [4.78, 5) is 4.80. The van der Waals surface area contributed by atoms with E-state index in [1.165, 1.54) is 25.0 Å². The molecule has 0 radical (unpaired) electrons. The number of hydrogen-bond donors (Lipinski definition) is 1. The minimum absolute atomic E-state index is 0.0289. The Morgan fingerprint density at radius 3 is 3.00 bits per heavy atom. The molecule has 0 saturated heterocycles. The number of nitrogens with one attached hydrogen (secondary N) is 1. The number of nitrogens with zero attached hydrogens (tertiary/aromatic N) is 1. The second kappa shape index (κ2) is 5.35. The highest BCUT2D eigenvalue weighted by Gasteiger charge is 2.39. The molecule has 0 amide bonds. The van der Waals surface area contributed by atoms with Crippen molar-refractivity contribution in [3.8, 4) is 0 Å². The highest BCUT2D eigenvalue weighted by molar-refractivity contribution is 8.14. The van der Waals surface area contributed by atoms with Gasteiger partial charge in [0.15, 0.2) is 5.17 Å². The maximum absolute atomic E-state index is 13.6. The maximum atomic E-state index is 13.6. The largest absolute Gasteiger partial charge is 0.333 e. The van der Waals surface area contributed by atoms with Crippen LogP contribution in [0.4, 0.5) is 14.5 Å². The number of amidine groups is 1. The minimum Gasteiger partial charge on any atom is -0.333 e. The topological polar surface area (TPSA) is 24.4 Å². The van der Waals surface area contributed by atoms with E-state index in [9.17, 15) is 8.78 Å². The molecular formula is C15H18F2N2S. The molecule has 1 N–H and O–H groups in total. The fourth-order valence-corrected chi connectivity index (χ4v) is 4.29. The normalized spacial score (nSPS) is 29.6. The smallest absolute Gasteiger partial charge is 0.161 e. The van der Waals surface area contributed by atoms with Crippen molar-refractivity contribution >= 4 is 22.6 Å². The second-order valence-electron chi connectivity index (χ2n) is 5.88. The van der Waals surface area contributed by atoms with Crippen molar-refractivity contribution in [2.75, 3.05) is 11.1 Å². The summed E-state index contributed by atoms with van der Waals surface area (Å²) in [6.45, 7) is 2.27. The molecule has 1 heterocycles. The molecule has 1 aliphatic heterocycles. The molecule has 1 spiro atoms. The van der Waals surface area contributed by atoms with Gasteiger partial charge in [0.1, 0.15) is 11.6 Å². The number of thioether (sulfide) groups is 1. The van der Waals surface area contributed by atoms with Crippen LogP contribution in [0.1, 0.15) is 32.6 Å². The van der Waals surface area contributed by atoms with Crippen LogP contribution >= 0.6 is 11.8 Å². The Kier molecular flexibility index (Phi) is 3.71. The molecule has 0 aromatic heterocycles. The van der Waals surface area contributed by atoms with E-state index < -0.39 is 11.6 Å². The van der Waals surface area contributed by atoms with E-state index in [4.69, 9.17) is 4.99 Å². The van der Waals surface area contributed by atoms with Crippen LogP contribution in [0.15, 0.2) is 23.2 Å². The standard InChI is InChI=1S/C15H18F2N2S/c1-10-3-2-6-15(8-10)9-20-14(19-15)18-13-5-4-11(16)7-12(13)17/h4-5,7,10H,2-3,6,8-9H2,1H3,(H,18,19). The van der Waals surface area contributed by atoms with Gasteiger partial charge in [0.2, 0.25) is 0 Å². The van der Waals surface area contributed by atoms with Crippen molar-refractivity contribution in [3.63, 3.8) is 0 Å². The fraction of sp³-hybridized carbons (Fsp3) is 0.533. The van der Waals surface area contributed by atoms with Gasteiger partial charge in [0.05, 0.1) is 11.2 Å². The van der Waals surface area contributed by atoms with E-state index in [1.807, 2.05) is 0 Å². The van der Waals surface area contributed by atoms with Gasteiger partial charge in [-0.05, 0) is 30.9 Å². The number of rotatable bonds is 1. The lowest BCUT2D eigenvalue weighted by Gasteiger charge is -2.33. The molecule has 2 aliphatic rings. The van der Waals surface area contributed by atoms with Crippen LogP contribution in [0.2, 0.25) is 0 Å². The van der Waals surface area contributed by atoms with Crippen LogP contribution in [0.3, 0.4) is 0 Å². The molecule has 1 aromatic carbocycles. The molecule has 2 unspecified atom stereocenters. The first-order chi connectivity index (χ1) is 9.56. The summed E-state index contributed by atoms with van der Waals surface area (Å²) in [6, 6.07) is 3.56. The maximum Gasteiger partial charge on any atom is 0.161 e. The first kappa shape index (κ1) is 13.9. The second-order valence-corrected chi connectivity index (χ2v) is 6.84. The van der Waals surface area contributed by atoms with Crippen molar-refractivity contribution in [2.45, 2.75) is 38.1 Å². The summed E-state index contributed by atoms with van der Waals surface area (Å²) in [6.07, 6.45) is 4.71. The van der Waals surface area contributed by atoms with Gasteiger partial charge >= 0.3 is 0 Å². The van der Waals surface area contributed by atoms with E-state index in [0.717, 1.165) is 29.8 Å². The Morgan fingerprint density at radius 1 is 1.40 bits per heavy atom. The quantitative estimate of drug-likeness (QED) is 0.829. The third-order valence-corrected chi connectivity index (χ3v) is 5.20. The van der Waals surface area contributed by atoms with Crippen LogP contribution in [0.5, 0.6) is 0 Å². The minimum atomic E-state index is -0.578. The molecule has 1 aromatic rings. The van der Waals surface area contributed by atoms with Crippen molar-refractivity contribution < 1.29 is 8.78 Å². The third-order valence-electron chi connectivity index (χ3n) is 4.06. The summed E-state index contributed by atoms with van der Waals surface area (Å²) >= 11 is 1.64. The highest BCUT2D eigenvalue weighted by Crippen LogP contribution is 2.42. The first-order valence-electron chi connectivity index (χ1n) is 7.01. The summed E-state index contributed by atoms with van der Waals surface area (Å²) in [7, 11) is 0. The van der Waals surface area contributed by atoms with Crippen LogP contribution < -0.4 is 5.32 Å². The van der Waals surface area contributed by atoms with Crippen molar-refractivity contribution in [1.29, 1.82) is 0 Å². The Balaban J connectivity index is 1.75. The molecule has 20 heavy (non-hydrogen) atoms. The van der Waals surface area contributed by atoms with Gasteiger partial charge in [-0.25, -0.2) is 8.78 Å². The molecular weight excluding hydrogens is 278 g/mol. The van der Waals surface area contributed by atoms with Gasteiger partial charge < -0.3 is 5.32 Å². The fourth-order valence-electron chi connectivity index (χ4n) is 3.12. The summed E-state index contributed by atoms with van der Waals surface area (Å²) < 4.78 is 26.5. The van der Waals surface area contributed by atoms with Gasteiger partial charge in [0, 0.05) is 11.8 Å². The van der Waals surface area contributed by atoms with E-state index in [0.29, 0.717) is 11.6 Å². The number of anilines is 1. The first-order valence-corrected chi connectivity index (χ1v) is 8.00. The van der Waals surface area contributed by atoms with Crippen LogP contribution in [0.25, 0.3) is 0 Å².